The average Bonchev–Trinajstić information content (AvgIpc) is 1.99. The smallest absolute Gasteiger partial charge is 0.0772 e. The van der Waals surface area contributed by atoms with Crippen LogP contribution in [0.15, 0.2) is 27.6 Å². The molecule has 0 radical (unpaired) electrons. The van der Waals surface area contributed by atoms with Crippen LogP contribution in [0.4, 0.5) is 0 Å². The number of hydrogen-bond donors (Lipinski definition) is 1. The fourth-order valence-corrected chi connectivity index (χ4v) is 3.15. The molecule has 0 saturated heterocycles. The van der Waals surface area contributed by atoms with Gasteiger partial charge in [0, 0.05) is 14.1 Å². The summed E-state index contributed by atoms with van der Waals surface area (Å²) in [4.78, 5) is 1.22. The Morgan fingerprint density at radius 2 is 1.93 bits per heavy atom. The van der Waals surface area contributed by atoms with Crippen LogP contribution in [0.3, 0.4) is 0 Å². The third-order valence-electron chi connectivity index (χ3n) is 1.85. The van der Waals surface area contributed by atoms with Crippen molar-refractivity contribution in [2.45, 2.75) is 43.4 Å². The number of aliphatic hydroxyl groups is 1. The van der Waals surface area contributed by atoms with Crippen LogP contribution in [0, 0.1) is 0 Å². The Hall–Kier alpha value is 0.01000. The molecule has 84 valence electrons. The first-order chi connectivity index (χ1) is 6.79. The third-order valence-corrected chi connectivity index (χ3v) is 3.63. The van der Waals surface area contributed by atoms with Gasteiger partial charge in [0.1, 0.15) is 0 Å². The van der Waals surface area contributed by atoms with Crippen molar-refractivity contribution in [3.05, 3.63) is 28.2 Å². The van der Waals surface area contributed by atoms with Crippen LogP contribution in [0.25, 0.3) is 0 Å². The van der Waals surface area contributed by atoms with E-state index in [1.54, 1.807) is 6.92 Å². The lowest BCUT2D eigenvalue weighted by atomic mass is 10.1. The Labute approximate surface area is 104 Å². The molecule has 0 aliphatic carbocycles. The number of benzene rings is 1. The SMILES string of the molecule is C[C@@H](O)c1ccc(SC(C)(C)C)cc1Br. The largest absolute Gasteiger partial charge is 0.389 e. The van der Waals surface area contributed by atoms with Gasteiger partial charge >= 0.3 is 0 Å². The molecule has 1 nitrogen and oxygen atoms in total. The van der Waals surface area contributed by atoms with Crippen LogP contribution in [-0.4, -0.2) is 9.85 Å². The second-order valence-corrected chi connectivity index (χ2v) is 7.33. The first kappa shape index (κ1) is 13.1. The summed E-state index contributed by atoms with van der Waals surface area (Å²) < 4.78 is 1.19. The summed E-state index contributed by atoms with van der Waals surface area (Å²) in [7, 11) is 0. The molecule has 0 fully saturated rings. The molecule has 1 N–H and O–H groups in total. The minimum atomic E-state index is -0.423. The molecule has 1 atom stereocenters. The molecule has 0 spiro atoms. The van der Waals surface area contributed by atoms with Gasteiger partial charge in [-0.15, -0.1) is 11.8 Å². The molecule has 0 bridgehead atoms. The normalized spacial score (nSPS) is 14.0. The lowest BCUT2D eigenvalue weighted by Gasteiger charge is -2.18. The molecule has 1 aromatic carbocycles. The van der Waals surface area contributed by atoms with Gasteiger partial charge in [-0.3, -0.25) is 0 Å². The van der Waals surface area contributed by atoms with Crippen molar-refractivity contribution in [3.63, 3.8) is 0 Å². The van der Waals surface area contributed by atoms with Gasteiger partial charge in [0.25, 0.3) is 0 Å². The first-order valence-corrected chi connectivity index (χ1v) is 6.57. The van der Waals surface area contributed by atoms with E-state index >= 15 is 0 Å². The van der Waals surface area contributed by atoms with Crippen LogP contribution in [0.2, 0.25) is 0 Å². The second-order valence-electron chi connectivity index (χ2n) is 4.57. The van der Waals surface area contributed by atoms with Gasteiger partial charge < -0.3 is 5.11 Å². The van der Waals surface area contributed by atoms with Crippen LogP contribution in [0.1, 0.15) is 39.4 Å². The van der Waals surface area contributed by atoms with Crippen molar-refractivity contribution in [3.8, 4) is 0 Å². The van der Waals surface area contributed by atoms with E-state index in [0.29, 0.717) is 0 Å². The molecule has 0 unspecified atom stereocenters. The van der Waals surface area contributed by atoms with Crippen LogP contribution in [0.5, 0.6) is 0 Å². The van der Waals surface area contributed by atoms with Crippen LogP contribution < -0.4 is 0 Å². The van der Waals surface area contributed by atoms with E-state index in [0.717, 1.165) is 10.0 Å². The predicted molar refractivity (Wildman–Crippen MR) is 70.4 cm³/mol. The summed E-state index contributed by atoms with van der Waals surface area (Å²) in [5.41, 5.74) is 0.938. The number of thioether (sulfide) groups is 1. The summed E-state index contributed by atoms with van der Waals surface area (Å²) in [5.74, 6) is 0. The Balaban J connectivity index is 2.92. The maximum absolute atomic E-state index is 9.49. The quantitative estimate of drug-likeness (QED) is 0.815. The maximum atomic E-state index is 9.49. The van der Waals surface area contributed by atoms with Crippen molar-refractivity contribution in [2.24, 2.45) is 0 Å². The third kappa shape index (κ3) is 4.17. The fourth-order valence-electron chi connectivity index (χ4n) is 1.26. The summed E-state index contributed by atoms with van der Waals surface area (Å²) in [6.07, 6.45) is -0.423. The molecule has 1 aromatic rings. The summed E-state index contributed by atoms with van der Waals surface area (Å²) in [5, 5.41) is 9.49. The number of rotatable bonds is 2. The van der Waals surface area contributed by atoms with Gasteiger partial charge in [-0.1, -0.05) is 42.8 Å². The van der Waals surface area contributed by atoms with Crippen molar-refractivity contribution < 1.29 is 5.11 Å². The minimum Gasteiger partial charge on any atom is -0.389 e. The molecule has 1 rings (SSSR count). The van der Waals surface area contributed by atoms with Crippen molar-refractivity contribution in [2.75, 3.05) is 0 Å². The molecular formula is C12H17BrOS. The van der Waals surface area contributed by atoms with Crippen LogP contribution >= 0.6 is 27.7 Å². The van der Waals surface area contributed by atoms with E-state index in [2.05, 4.69) is 48.8 Å². The molecule has 0 aliphatic rings. The Bertz CT molecular complexity index is 342. The highest BCUT2D eigenvalue weighted by atomic mass is 79.9. The first-order valence-electron chi connectivity index (χ1n) is 4.96. The van der Waals surface area contributed by atoms with Crippen molar-refractivity contribution in [1.29, 1.82) is 0 Å². The highest BCUT2D eigenvalue weighted by Gasteiger charge is 2.13. The zero-order chi connectivity index (χ0) is 11.6. The summed E-state index contributed by atoms with van der Waals surface area (Å²) in [6, 6.07) is 6.10. The summed E-state index contributed by atoms with van der Waals surface area (Å²) >= 11 is 5.31. The molecule has 0 aliphatic heterocycles. The maximum Gasteiger partial charge on any atom is 0.0772 e. The minimum absolute atomic E-state index is 0.214. The van der Waals surface area contributed by atoms with Gasteiger partial charge in [0.15, 0.2) is 0 Å². The molecule has 0 saturated carbocycles. The van der Waals surface area contributed by atoms with E-state index in [4.69, 9.17) is 0 Å². The van der Waals surface area contributed by atoms with Gasteiger partial charge in [-0.2, -0.15) is 0 Å². The zero-order valence-corrected chi connectivity index (χ0v) is 11.9. The molecular weight excluding hydrogens is 272 g/mol. The van der Waals surface area contributed by atoms with Crippen molar-refractivity contribution >= 4 is 27.7 Å². The lowest BCUT2D eigenvalue weighted by Crippen LogP contribution is -2.06. The molecule has 15 heavy (non-hydrogen) atoms. The van der Waals surface area contributed by atoms with E-state index in [1.165, 1.54) is 4.90 Å². The standard InChI is InChI=1S/C12H17BrOS/c1-8(14)10-6-5-9(7-11(10)13)15-12(2,3)4/h5-8,14H,1-4H3/t8-/m1/s1. The lowest BCUT2D eigenvalue weighted by molar-refractivity contribution is 0.198. The average molecular weight is 289 g/mol. The topological polar surface area (TPSA) is 20.2 Å². The monoisotopic (exact) mass is 288 g/mol. The van der Waals surface area contributed by atoms with Gasteiger partial charge in [0.05, 0.1) is 6.10 Å². The molecule has 0 amide bonds. The number of hydrogen-bond acceptors (Lipinski definition) is 2. The Morgan fingerprint density at radius 3 is 2.33 bits per heavy atom. The zero-order valence-electron chi connectivity index (χ0n) is 9.54. The summed E-state index contributed by atoms with van der Waals surface area (Å²) in [6.45, 7) is 8.34. The highest BCUT2D eigenvalue weighted by molar-refractivity contribution is 9.10. The van der Waals surface area contributed by atoms with E-state index in [-0.39, 0.29) is 4.75 Å². The Kier molecular flexibility index (Phi) is 4.27. The Morgan fingerprint density at radius 1 is 1.33 bits per heavy atom. The number of halogens is 1. The van der Waals surface area contributed by atoms with E-state index in [1.807, 2.05) is 17.8 Å². The van der Waals surface area contributed by atoms with Gasteiger partial charge in [-0.25, -0.2) is 0 Å². The van der Waals surface area contributed by atoms with E-state index in [9.17, 15) is 5.11 Å². The predicted octanol–water partition coefficient (Wildman–Crippen LogP) is 4.39. The van der Waals surface area contributed by atoms with Crippen molar-refractivity contribution in [1.82, 2.24) is 0 Å². The highest BCUT2D eigenvalue weighted by Crippen LogP contribution is 2.35. The molecule has 3 heteroatoms. The van der Waals surface area contributed by atoms with E-state index < -0.39 is 6.10 Å². The van der Waals surface area contributed by atoms with Gasteiger partial charge in [0.2, 0.25) is 0 Å². The fraction of sp³-hybridized carbons (Fsp3) is 0.500. The van der Waals surface area contributed by atoms with Gasteiger partial charge in [-0.05, 0) is 24.6 Å². The van der Waals surface area contributed by atoms with Crippen LogP contribution in [-0.2, 0) is 0 Å². The molecule has 0 aromatic heterocycles. The molecule has 0 heterocycles. The second kappa shape index (κ2) is 4.89. The number of aliphatic hydroxyl groups excluding tert-OH is 1.